The quantitative estimate of drug-likeness (QED) is 0.522. The smallest absolute Gasteiger partial charge is 0.262 e. The summed E-state index contributed by atoms with van der Waals surface area (Å²) in [5, 5.41) is 6.26. The topological polar surface area (TPSA) is 64.0 Å². The number of nitrogens with one attached hydrogen (secondary N) is 1. The van der Waals surface area contributed by atoms with E-state index in [1.165, 1.54) is 12.1 Å². The fourth-order valence-electron chi connectivity index (χ4n) is 3.33. The minimum absolute atomic E-state index is 0.188. The Morgan fingerprint density at radius 2 is 1.72 bits per heavy atom. The van der Waals surface area contributed by atoms with Crippen molar-refractivity contribution in [1.29, 1.82) is 0 Å². The summed E-state index contributed by atoms with van der Waals surface area (Å²) in [5.41, 5.74) is 2.41. The van der Waals surface area contributed by atoms with E-state index < -0.39 is 10.0 Å². The number of aromatic nitrogens is 2. The Kier molecular flexibility index (Phi) is 4.84. The molecule has 0 unspecified atom stereocenters. The predicted octanol–water partition coefficient (Wildman–Crippen LogP) is 4.64. The van der Waals surface area contributed by atoms with Crippen LogP contribution in [0.1, 0.15) is 17.0 Å². The van der Waals surface area contributed by atoms with E-state index in [2.05, 4.69) is 9.82 Å². The SMILES string of the molecule is Cc1nn(Cc2cccc(F)c2)c(C)c1NS(=O)(=O)c1ccc2ccccc2c1. The van der Waals surface area contributed by atoms with Crippen molar-refractivity contribution in [1.82, 2.24) is 9.78 Å². The van der Waals surface area contributed by atoms with Crippen LogP contribution in [0.25, 0.3) is 10.8 Å². The first-order chi connectivity index (χ1) is 13.8. The first-order valence-electron chi connectivity index (χ1n) is 9.13. The van der Waals surface area contributed by atoms with Crippen molar-refractivity contribution in [2.45, 2.75) is 25.3 Å². The largest absolute Gasteiger partial charge is 0.276 e. The first kappa shape index (κ1) is 19.1. The third-order valence-corrected chi connectivity index (χ3v) is 6.22. The van der Waals surface area contributed by atoms with Gasteiger partial charge in [-0.1, -0.05) is 42.5 Å². The molecule has 0 atom stereocenters. The van der Waals surface area contributed by atoms with Gasteiger partial charge in [-0.05, 0) is 54.4 Å². The molecule has 1 aromatic heterocycles. The molecule has 148 valence electrons. The average Bonchev–Trinajstić information content (AvgIpc) is 2.94. The second-order valence-corrected chi connectivity index (χ2v) is 8.63. The van der Waals surface area contributed by atoms with Crippen molar-refractivity contribution in [2.75, 3.05) is 4.72 Å². The number of rotatable bonds is 5. The highest BCUT2D eigenvalue weighted by molar-refractivity contribution is 7.92. The summed E-state index contributed by atoms with van der Waals surface area (Å²) in [4.78, 5) is 0.188. The van der Waals surface area contributed by atoms with E-state index in [1.54, 1.807) is 48.9 Å². The van der Waals surface area contributed by atoms with Gasteiger partial charge < -0.3 is 0 Å². The lowest BCUT2D eigenvalue weighted by Gasteiger charge is -2.10. The summed E-state index contributed by atoms with van der Waals surface area (Å²) >= 11 is 0. The standard InChI is InChI=1S/C22H20FN3O2S/c1-15-22(16(2)26(24-15)14-17-6-5-9-20(23)12-17)25-29(27,28)21-11-10-18-7-3-4-8-19(18)13-21/h3-13,25H,14H2,1-2H3. The molecular weight excluding hydrogens is 389 g/mol. The van der Waals surface area contributed by atoms with Crippen LogP contribution in [0.3, 0.4) is 0 Å². The third-order valence-electron chi connectivity index (χ3n) is 4.87. The Morgan fingerprint density at radius 3 is 2.48 bits per heavy atom. The molecule has 5 nitrogen and oxygen atoms in total. The molecule has 0 radical (unpaired) electrons. The Balaban J connectivity index is 1.65. The van der Waals surface area contributed by atoms with Crippen LogP contribution in [0.5, 0.6) is 0 Å². The monoisotopic (exact) mass is 409 g/mol. The van der Waals surface area contributed by atoms with Gasteiger partial charge >= 0.3 is 0 Å². The van der Waals surface area contributed by atoms with Crippen molar-refractivity contribution in [3.63, 3.8) is 0 Å². The van der Waals surface area contributed by atoms with E-state index >= 15 is 0 Å². The van der Waals surface area contributed by atoms with Crippen molar-refractivity contribution in [3.8, 4) is 0 Å². The van der Waals surface area contributed by atoms with Gasteiger partial charge in [-0.15, -0.1) is 0 Å². The fraction of sp³-hybridized carbons (Fsp3) is 0.136. The average molecular weight is 409 g/mol. The van der Waals surface area contributed by atoms with Crippen LogP contribution in [0.4, 0.5) is 10.1 Å². The number of nitrogens with zero attached hydrogens (tertiary/aromatic N) is 2. The Bertz CT molecular complexity index is 1310. The minimum atomic E-state index is -3.78. The Labute approximate surface area is 168 Å². The summed E-state index contributed by atoms with van der Waals surface area (Å²) in [6.45, 7) is 3.88. The molecule has 3 aromatic carbocycles. The van der Waals surface area contributed by atoms with E-state index in [0.717, 1.165) is 16.3 Å². The van der Waals surface area contributed by atoms with Crippen LogP contribution < -0.4 is 4.72 Å². The maximum absolute atomic E-state index is 13.5. The maximum atomic E-state index is 13.5. The number of aryl methyl sites for hydroxylation is 1. The molecule has 29 heavy (non-hydrogen) atoms. The minimum Gasteiger partial charge on any atom is -0.276 e. The number of hydrogen-bond donors (Lipinski definition) is 1. The van der Waals surface area contributed by atoms with Gasteiger partial charge in [0, 0.05) is 0 Å². The first-order valence-corrected chi connectivity index (χ1v) is 10.6. The van der Waals surface area contributed by atoms with Gasteiger partial charge in [0.05, 0.1) is 28.5 Å². The number of halogens is 1. The van der Waals surface area contributed by atoms with Crippen molar-refractivity contribution >= 4 is 26.5 Å². The van der Waals surface area contributed by atoms with E-state index in [4.69, 9.17) is 0 Å². The van der Waals surface area contributed by atoms with Gasteiger partial charge in [0.15, 0.2) is 0 Å². The number of sulfonamides is 1. The molecule has 0 saturated carbocycles. The summed E-state index contributed by atoms with van der Waals surface area (Å²) in [5.74, 6) is -0.318. The molecular formula is C22H20FN3O2S. The summed E-state index contributed by atoms with van der Waals surface area (Å²) in [7, 11) is -3.78. The van der Waals surface area contributed by atoms with Gasteiger partial charge in [-0.3, -0.25) is 9.40 Å². The molecule has 0 fully saturated rings. The van der Waals surface area contributed by atoms with E-state index in [9.17, 15) is 12.8 Å². The molecule has 0 amide bonds. The Hall–Kier alpha value is -3.19. The van der Waals surface area contributed by atoms with Crippen LogP contribution in [-0.2, 0) is 16.6 Å². The van der Waals surface area contributed by atoms with Gasteiger partial charge in [0.25, 0.3) is 10.0 Å². The molecule has 0 saturated heterocycles. The zero-order chi connectivity index (χ0) is 20.6. The van der Waals surface area contributed by atoms with Crippen molar-refractivity contribution in [2.24, 2.45) is 0 Å². The molecule has 4 rings (SSSR count). The lowest BCUT2D eigenvalue weighted by atomic mass is 10.1. The molecule has 0 aliphatic carbocycles. The van der Waals surface area contributed by atoms with Crippen LogP contribution in [0.2, 0.25) is 0 Å². The molecule has 0 aliphatic heterocycles. The van der Waals surface area contributed by atoms with E-state index in [0.29, 0.717) is 23.6 Å². The van der Waals surface area contributed by atoms with Crippen molar-refractivity contribution in [3.05, 3.63) is 89.5 Å². The zero-order valence-corrected chi connectivity index (χ0v) is 16.9. The van der Waals surface area contributed by atoms with Crippen LogP contribution in [-0.4, -0.2) is 18.2 Å². The molecule has 4 aromatic rings. The van der Waals surface area contributed by atoms with Gasteiger partial charge in [0.2, 0.25) is 0 Å². The van der Waals surface area contributed by atoms with Gasteiger partial charge in [-0.2, -0.15) is 5.10 Å². The zero-order valence-electron chi connectivity index (χ0n) is 16.1. The highest BCUT2D eigenvalue weighted by Crippen LogP contribution is 2.26. The van der Waals surface area contributed by atoms with Crippen molar-refractivity contribution < 1.29 is 12.8 Å². The lowest BCUT2D eigenvalue weighted by molar-refractivity contribution is 0.601. The third kappa shape index (κ3) is 3.86. The van der Waals surface area contributed by atoms with E-state index in [1.807, 2.05) is 24.3 Å². The van der Waals surface area contributed by atoms with Gasteiger partial charge in [-0.25, -0.2) is 12.8 Å². The highest BCUT2D eigenvalue weighted by Gasteiger charge is 2.20. The summed E-state index contributed by atoms with van der Waals surface area (Å²) in [6.07, 6.45) is 0. The number of benzene rings is 3. The fourth-order valence-corrected chi connectivity index (χ4v) is 4.55. The summed E-state index contributed by atoms with van der Waals surface area (Å²) < 4.78 is 43.7. The van der Waals surface area contributed by atoms with E-state index in [-0.39, 0.29) is 10.7 Å². The van der Waals surface area contributed by atoms with Crippen LogP contribution in [0, 0.1) is 19.7 Å². The van der Waals surface area contributed by atoms with Crippen LogP contribution >= 0.6 is 0 Å². The molecule has 0 spiro atoms. The number of hydrogen-bond acceptors (Lipinski definition) is 3. The normalized spacial score (nSPS) is 11.7. The summed E-state index contributed by atoms with van der Waals surface area (Å²) in [6, 6.07) is 18.9. The second-order valence-electron chi connectivity index (χ2n) is 6.95. The molecule has 1 N–H and O–H groups in total. The highest BCUT2D eigenvalue weighted by atomic mass is 32.2. The predicted molar refractivity (Wildman–Crippen MR) is 112 cm³/mol. The molecule has 0 aliphatic rings. The Morgan fingerprint density at radius 1 is 0.966 bits per heavy atom. The maximum Gasteiger partial charge on any atom is 0.262 e. The van der Waals surface area contributed by atoms with Gasteiger partial charge in [0.1, 0.15) is 5.82 Å². The number of fused-ring (bicyclic) bond motifs is 1. The lowest BCUT2D eigenvalue weighted by Crippen LogP contribution is -2.14. The molecule has 7 heteroatoms. The van der Waals surface area contributed by atoms with Crippen LogP contribution in [0.15, 0.2) is 71.6 Å². The molecule has 1 heterocycles. The molecule has 0 bridgehead atoms. The second kappa shape index (κ2) is 7.33. The number of anilines is 1.